The van der Waals surface area contributed by atoms with E-state index < -0.39 is 0 Å². The molecule has 4 nitrogen and oxygen atoms in total. The van der Waals surface area contributed by atoms with Crippen LogP contribution in [-0.2, 0) is 28.8 Å². The van der Waals surface area contributed by atoms with Gasteiger partial charge in [-0.25, -0.2) is 4.79 Å². The molecule has 1 aromatic carbocycles. The van der Waals surface area contributed by atoms with Crippen LogP contribution in [0.5, 0.6) is 5.75 Å². The summed E-state index contributed by atoms with van der Waals surface area (Å²) in [6, 6.07) is 8.89. The van der Waals surface area contributed by atoms with Crippen molar-refractivity contribution in [2.24, 2.45) is 0 Å². The molecule has 23 heavy (non-hydrogen) atoms. The third-order valence-electron chi connectivity index (χ3n) is 3.91. The number of thiophene rings is 1. The van der Waals surface area contributed by atoms with Gasteiger partial charge in [0.2, 0.25) is 0 Å². The van der Waals surface area contributed by atoms with Crippen LogP contribution < -0.4 is 4.74 Å². The molecule has 0 bridgehead atoms. The highest BCUT2D eigenvalue weighted by Gasteiger charge is 2.18. The zero-order valence-corrected chi connectivity index (χ0v) is 13.8. The van der Waals surface area contributed by atoms with Gasteiger partial charge in [-0.2, -0.15) is 0 Å². The van der Waals surface area contributed by atoms with Crippen LogP contribution in [0.2, 0.25) is 0 Å². The lowest BCUT2D eigenvalue weighted by Gasteiger charge is -2.08. The topological polar surface area (TPSA) is 52.6 Å². The number of rotatable bonds is 4. The van der Waals surface area contributed by atoms with Crippen LogP contribution in [-0.4, -0.2) is 19.0 Å². The van der Waals surface area contributed by atoms with Gasteiger partial charge in [0.1, 0.15) is 10.6 Å². The zero-order valence-electron chi connectivity index (χ0n) is 13.0. The number of aryl methyl sites for hydroxylation is 2. The molecular weight excluding hydrogens is 312 g/mol. The lowest BCUT2D eigenvalue weighted by molar-refractivity contribution is -0.139. The van der Waals surface area contributed by atoms with Crippen molar-refractivity contribution in [3.05, 3.63) is 51.2 Å². The quantitative estimate of drug-likeness (QED) is 0.635. The summed E-state index contributed by atoms with van der Waals surface area (Å²) in [6.45, 7) is 0. The van der Waals surface area contributed by atoms with Crippen molar-refractivity contribution in [2.45, 2.75) is 32.1 Å². The Morgan fingerprint density at radius 1 is 1.13 bits per heavy atom. The van der Waals surface area contributed by atoms with Crippen LogP contribution in [0.15, 0.2) is 30.3 Å². The van der Waals surface area contributed by atoms with Gasteiger partial charge in [0.15, 0.2) is 0 Å². The van der Waals surface area contributed by atoms with Crippen molar-refractivity contribution >= 4 is 23.3 Å². The molecule has 1 aliphatic carbocycles. The van der Waals surface area contributed by atoms with Gasteiger partial charge in [-0.15, -0.1) is 11.3 Å². The molecule has 2 aromatic rings. The maximum absolute atomic E-state index is 12.3. The molecular formula is C18H18O4S. The molecule has 0 atom stereocenters. The van der Waals surface area contributed by atoms with Crippen molar-refractivity contribution in [3.8, 4) is 5.75 Å². The summed E-state index contributed by atoms with van der Waals surface area (Å²) in [4.78, 5) is 25.5. The number of fused-ring (bicyclic) bond motifs is 1. The summed E-state index contributed by atoms with van der Waals surface area (Å²) in [5, 5.41) is 0. The van der Waals surface area contributed by atoms with Gasteiger partial charge < -0.3 is 9.47 Å². The van der Waals surface area contributed by atoms with Crippen LogP contribution in [0, 0.1) is 0 Å². The maximum Gasteiger partial charge on any atom is 0.353 e. The molecule has 1 aromatic heterocycles. The lowest BCUT2D eigenvalue weighted by atomic mass is 9.99. The SMILES string of the molecule is COC(=O)Cc1ccc(OC(=O)c2cc3c(s2)CCCC3)cc1. The molecule has 120 valence electrons. The number of hydrogen-bond donors (Lipinski definition) is 0. The second-order valence-electron chi connectivity index (χ2n) is 5.55. The van der Waals surface area contributed by atoms with E-state index in [1.807, 2.05) is 6.07 Å². The molecule has 5 heteroatoms. The van der Waals surface area contributed by atoms with Crippen LogP contribution in [0.25, 0.3) is 0 Å². The minimum Gasteiger partial charge on any atom is -0.469 e. The summed E-state index contributed by atoms with van der Waals surface area (Å²) in [5.74, 6) is -0.126. The van der Waals surface area contributed by atoms with Crippen molar-refractivity contribution < 1.29 is 19.1 Å². The van der Waals surface area contributed by atoms with Crippen LogP contribution >= 0.6 is 11.3 Å². The molecule has 0 N–H and O–H groups in total. The molecule has 1 heterocycles. The van der Waals surface area contributed by atoms with Crippen LogP contribution in [0.3, 0.4) is 0 Å². The first-order valence-electron chi connectivity index (χ1n) is 7.65. The van der Waals surface area contributed by atoms with Gasteiger partial charge in [-0.1, -0.05) is 12.1 Å². The van der Waals surface area contributed by atoms with E-state index in [0.29, 0.717) is 10.6 Å². The predicted molar refractivity (Wildman–Crippen MR) is 88.1 cm³/mol. The minimum absolute atomic E-state index is 0.211. The van der Waals surface area contributed by atoms with E-state index in [4.69, 9.17) is 4.74 Å². The summed E-state index contributed by atoms with van der Waals surface area (Å²) in [7, 11) is 1.36. The molecule has 0 spiro atoms. The Kier molecular flexibility index (Phi) is 4.76. The maximum atomic E-state index is 12.3. The largest absolute Gasteiger partial charge is 0.469 e. The summed E-state index contributed by atoms with van der Waals surface area (Å²) >= 11 is 1.54. The third kappa shape index (κ3) is 3.79. The highest BCUT2D eigenvalue weighted by atomic mass is 32.1. The highest BCUT2D eigenvalue weighted by Crippen LogP contribution is 2.30. The van der Waals surface area contributed by atoms with E-state index in [0.717, 1.165) is 18.4 Å². The number of esters is 2. The second-order valence-corrected chi connectivity index (χ2v) is 6.69. The molecule has 0 radical (unpaired) electrons. The molecule has 0 saturated heterocycles. The van der Waals surface area contributed by atoms with E-state index in [-0.39, 0.29) is 18.4 Å². The third-order valence-corrected chi connectivity index (χ3v) is 5.12. The van der Waals surface area contributed by atoms with Crippen molar-refractivity contribution in [1.29, 1.82) is 0 Å². The van der Waals surface area contributed by atoms with Gasteiger partial charge in [0.25, 0.3) is 0 Å². The Hall–Kier alpha value is -2.14. The van der Waals surface area contributed by atoms with E-state index in [1.165, 1.54) is 30.4 Å². The molecule has 0 fully saturated rings. The lowest BCUT2D eigenvalue weighted by Crippen LogP contribution is -2.07. The van der Waals surface area contributed by atoms with Gasteiger partial charge in [0, 0.05) is 4.88 Å². The van der Waals surface area contributed by atoms with E-state index >= 15 is 0 Å². The van der Waals surface area contributed by atoms with Crippen molar-refractivity contribution in [2.75, 3.05) is 7.11 Å². The number of hydrogen-bond acceptors (Lipinski definition) is 5. The first-order valence-corrected chi connectivity index (χ1v) is 8.47. The molecule has 3 rings (SSSR count). The Labute approximate surface area is 139 Å². The number of carbonyl (C=O) groups excluding carboxylic acids is 2. The van der Waals surface area contributed by atoms with Gasteiger partial charge in [0.05, 0.1) is 13.5 Å². The monoisotopic (exact) mass is 330 g/mol. The average molecular weight is 330 g/mol. The first-order chi connectivity index (χ1) is 11.2. The Morgan fingerprint density at radius 3 is 2.57 bits per heavy atom. The van der Waals surface area contributed by atoms with Crippen molar-refractivity contribution in [3.63, 3.8) is 0 Å². The number of carbonyl (C=O) groups is 2. The van der Waals surface area contributed by atoms with Crippen LogP contribution in [0.4, 0.5) is 0 Å². The van der Waals surface area contributed by atoms with Crippen LogP contribution in [0.1, 0.15) is 38.5 Å². The number of ether oxygens (including phenoxy) is 2. The zero-order chi connectivity index (χ0) is 16.2. The average Bonchev–Trinajstić information content (AvgIpc) is 3.00. The summed E-state index contributed by atoms with van der Waals surface area (Å²) < 4.78 is 10.0. The smallest absolute Gasteiger partial charge is 0.353 e. The minimum atomic E-state index is -0.315. The normalized spacial score (nSPS) is 13.3. The fourth-order valence-corrected chi connectivity index (χ4v) is 3.79. The molecule has 1 aliphatic rings. The Bertz CT molecular complexity index is 692. The van der Waals surface area contributed by atoms with Gasteiger partial charge in [-0.3, -0.25) is 4.79 Å². The van der Waals surface area contributed by atoms with Crippen molar-refractivity contribution in [1.82, 2.24) is 0 Å². The van der Waals surface area contributed by atoms with Gasteiger partial charge >= 0.3 is 11.9 Å². The first kappa shape index (κ1) is 15.7. The van der Waals surface area contributed by atoms with E-state index in [9.17, 15) is 9.59 Å². The standard InChI is InChI=1S/C18H18O4S/c1-21-17(19)10-12-6-8-14(9-7-12)22-18(20)16-11-13-4-2-3-5-15(13)23-16/h6-9,11H,2-5,10H2,1H3. The number of benzene rings is 1. The fraction of sp³-hybridized carbons (Fsp3) is 0.333. The fourth-order valence-electron chi connectivity index (χ4n) is 2.66. The highest BCUT2D eigenvalue weighted by molar-refractivity contribution is 7.14. The Morgan fingerprint density at radius 2 is 1.87 bits per heavy atom. The predicted octanol–water partition coefficient (Wildman–Crippen LogP) is 3.56. The molecule has 0 amide bonds. The summed E-state index contributed by atoms with van der Waals surface area (Å²) in [5.41, 5.74) is 2.12. The molecule has 0 aliphatic heterocycles. The summed E-state index contributed by atoms with van der Waals surface area (Å²) in [6.07, 6.45) is 4.72. The second kappa shape index (κ2) is 6.96. The molecule has 0 saturated carbocycles. The van der Waals surface area contributed by atoms with E-state index in [1.54, 1.807) is 35.6 Å². The van der Waals surface area contributed by atoms with E-state index in [2.05, 4.69) is 4.74 Å². The Balaban J connectivity index is 1.65. The number of methoxy groups -OCH3 is 1. The molecule has 0 unspecified atom stereocenters. The van der Waals surface area contributed by atoms with Gasteiger partial charge in [-0.05, 0) is 55.0 Å².